The summed E-state index contributed by atoms with van der Waals surface area (Å²) < 4.78 is 4.99. The summed E-state index contributed by atoms with van der Waals surface area (Å²) in [4.78, 5) is 0. The molecule has 0 aliphatic rings. The number of alkyl halides is 1. The fourth-order valence-electron chi connectivity index (χ4n) is 0.780. The predicted molar refractivity (Wildman–Crippen MR) is 47.6 cm³/mol. The fourth-order valence-corrected chi connectivity index (χ4v) is 1.25. The summed E-state index contributed by atoms with van der Waals surface area (Å²) in [6, 6.07) is 5.41. The van der Waals surface area contributed by atoms with Gasteiger partial charge in [0.2, 0.25) is 0 Å². The molecule has 1 aromatic rings. The summed E-state index contributed by atoms with van der Waals surface area (Å²) in [5.74, 6) is 1.20. The molecule has 11 heavy (non-hydrogen) atoms. The second-order valence-electron chi connectivity index (χ2n) is 2.09. The third-order valence-electron chi connectivity index (χ3n) is 1.40. The average Bonchev–Trinajstić information content (AvgIpc) is 2.05. The Morgan fingerprint density at radius 1 is 1.45 bits per heavy atom. The van der Waals surface area contributed by atoms with Gasteiger partial charge in [-0.05, 0) is 23.8 Å². The highest BCUT2D eigenvalue weighted by Crippen LogP contribution is 2.22. The second-order valence-corrected chi connectivity index (χ2v) is 2.77. The van der Waals surface area contributed by atoms with E-state index >= 15 is 0 Å². The maximum atomic E-state index is 5.81. The van der Waals surface area contributed by atoms with Crippen molar-refractivity contribution < 1.29 is 4.74 Å². The van der Waals surface area contributed by atoms with Gasteiger partial charge < -0.3 is 4.74 Å². The van der Waals surface area contributed by atoms with E-state index in [0.717, 1.165) is 11.3 Å². The fraction of sp³-hybridized carbons (Fsp3) is 0.250. The maximum absolute atomic E-state index is 5.81. The molecule has 60 valence electrons. The van der Waals surface area contributed by atoms with Crippen molar-refractivity contribution in [2.24, 2.45) is 0 Å². The standard InChI is InChI=1S/C8H8Cl2O/c1-11-7-2-3-8(10)6(4-7)5-9/h2-4H,5H2,1H3. The molecule has 0 aliphatic heterocycles. The van der Waals surface area contributed by atoms with Crippen molar-refractivity contribution in [3.05, 3.63) is 28.8 Å². The van der Waals surface area contributed by atoms with E-state index in [1.807, 2.05) is 6.07 Å². The van der Waals surface area contributed by atoms with E-state index in [-0.39, 0.29) is 0 Å². The lowest BCUT2D eigenvalue weighted by Gasteiger charge is -2.02. The van der Waals surface area contributed by atoms with Gasteiger partial charge in [-0.25, -0.2) is 0 Å². The van der Waals surface area contributed by atoms with Crippen LogP contribution >= 0.6 is 23.2 Å². The van der Waals surface area contributed by atoms with E-state index in [0.29, 0.717) is 10.9 Å². The Hall–Kier alpha value is -0.400. The molecule has 0 heterocycles. The van der Waals surface area contributed by atoms with Gasteiger partial charge in [-0.2, -0.15) is 0 Å². The van der Waals surface area contributed by atoms with Gasteiger partial charge in [-0.1, -0.05) is 11.6 Å². The smallest absolute Gasteiger partial charge is 0.119 e. The molecule has 3 heteroatoms. The number of halogens is 2. The second kappa shape index (κ2) is 3.84. The lowest BCUT2D eigenvalue weighted by Crippen LogP contribution is -1.85. The Morgan fingerprint density at radius 3 is 2.73 bits per heavy atom. The predicted octanol–water partition coefficient (Wildman–Crippen LogP) is 3.09. The number of rotatable bonds is 2. The largest absolute Gasteiger partial charge is 0.497 e. The molecule has 0 radical (unpaired) electrons. The van der Waals surface area contributed by atoms with Crippen LogP contribution in [-0.4, -0.2) is 7.11 Å². The first-order valence-electron chi connectivity index (χ1n) is 3.16. The van der Waals surface area contributed by atoms with E-state index in [2.05, 4.69) is 0 Å². The molecule has 0 atom stereocenters. The van der Waals surface area contributed by atoms with Crippen LogP contribution in [0.25, 0.3) is 0 Å². The van der Waals surface area contributed by atoms with Crippen LogP contribution in [0.3, 0.4) is 0 Å². The molecule has 1 nitrogen and oxygen atoms in total. The van der Waals surface area contributed by atoms with Gasteiger partial charge in [-0.3, -0.25) is 0 Å². The molecule has 0 aliphatic carbocycles. The van der Waals surface area contributed by atoms with Gasteiger partial charge in [0.25, 0.3) is 0 Å². The molecule has 0 N–H and O–H groups in total. The topological polar surface area (TPSA) is 9.23 Å². The third-order valence-corrected chi connectivity index (χ3v) is 2.05. The average molecular weight is 191 g/mol. The first-order valence-corrected chi connectivity index (χ1v) is 4.07. The highest BCUT2D eigenvalue weighted by Gasteiger charge is 1.99. The first kappa shape index (κ1) is 8.69. The highest BCUT2D eigenvalue weighted by atomic mass is 35.5. The zero-order valence-corrected chi connectivity index (χ0v) is 7.62. The van der Waals surface area contributed by atoms with Crippen LogP contribution in [0.2, 0.25) is 5.02 Å². The van der Waals surface area contributed by atoms with E-state index in [9.17, 15) is 0 Å². The molecular weight excluding hydrogens is 183 g/mol. The monoisotopic (exact) mass is 190 g/mol. The summed E-state index contributed by atoms with van der Waals surface area (Å²) in [5, 5.41) is 0.681. The Labute approximate surface area is 75.9 Å². The first-order chi connectivity index (χ1) is 5.27. The summed E-state index contributed by atoms with van der Waals surface area (Å²) >= 11 is 11.4. The van der Waals surface area contributed by atoms with E-state index in [4.69, 9.17) is 27.9 Å². The van der Waals surface area contributed by atoms with Crippen LogP contribution in [0.5, 0.6) is 5.75 Å². The third kappa shape index (κ3) is 2.01. The number of hydrogen-bond acceptors (Lipinski definition) is 1. The van der Waals surface area contributed by atoms with Crippen molar-refractivity contribution in [3.8, 4) is 5.75 Å². The van der Waals surface area contributed by atoms with Crippen molar-refractivity contribution in [2.45, 2.75) is 5.88 Å². The molecule has 0 unspecified atom stereocenters. The van der Waals surface area contributed by atoms with E-state index in [1.165, 1.54) is 0 Å². The molecule has 1 rings (SSSR count). The van der Waals surface area contributed by atoms with Crippen LogP contribution < -0.4 is 4.74 Å². The lowest BCUT2D eigenvalue weighted by atomic mass is 10.2. The van der Waals surface area contributed by atoms with Crippen LogP contribution in [-0.2, 0) is 5.88 Å². The van der Waals surface area contributed by atoms with E-state index in [1.54, 1.807) is 19.2 Å². The van der Waals surface area contributed by atoms with Crippen molar-refractivity contribution >= 4 is 23.2 Å². The van der Waals surface area contributed by atoms with Crippen LogP contribution in [0.4, 0.5) is 0 Å². The molecule has 0 aromatic heterocycles. The summed E-state index contributed by atoms with van der Waals surface area (Å²) in [6.45, 7) is 0. The van der Waals surface area contributed by atoms with Crippen molar-refractivity contribution in [2.75, 3.05) is 7.11 Å². The Morgan fingerprint density at radius 2 is 2.18 bits per heavy atom. The summed E-state index contributed by atoms with van der Waals surface area (Å²) in [5.41, 5.74) is 0.896. The van der Waals surface area contributed by atoms with Crippen LogP contribution in [0.15, 0.2) is 18.2 Å². The van der Waals surface area contributed by atoms with Gasteiger partial charge in [-0.15, -0.1) is 11.6 Å². The van der Waals surface area contributed by atoms with Gasteiger partial charge in [0, 0.05) is 10.9 Å². The zero-order chi connectivity index (χ0) is 8.27. The molecule has 0 saturated carbocycles. The Balaban J connectivity index is 3.02. The van der Waals surface area contributed by atoms with Crippen molar-refractivity contribution in [1.82, 2.24) is 0 Å². The number of hydrogen-bond donors (Lipinski definition) is 0. The van der Waals surface area contributed by atoms with Gasteiger partial charge >= 0.3 is 0 Å². The normalized spacial score (nSPS) is 9.73. The van der Waals surface area contributed by atoms with Crippen LogP contribution in [0, 0.1) is 0 Å². The van der Waals surface area contributed by atoms with Gasteiger partial charge in [0.05, 0.1) is 7.11 Å². The summed E-state index contributed by atoms with van der Waals surface area (Å²) in [7, 11) is 1.61. The lowest BCUT2D eigenvalue weighted by molar-refractivity contribution is 0.414. The SMILES string of the molecule is COc1ccc(Cl)c(CCl)c1. The van der Waals surface area contributed by atoms with Crippen molar-refractivity contribution in [1.29, 1.82) is 0 Å². The molecule has 0 bridgehead atoms. The number of ether oxygens (including phenoxy) is 1. The summed E-state index contributed by atoms with van der Waals surface area (Å²) in [6.07, 6.45) is 0. The van der Waals surface area contributed by atoms with Crippen LogP contribution in [0.1, 0.15) is 5.56 Å². The van der Waals surface area contributed by atoms with Crippen molar-refractivity contribution in [3.63, 3.8) is 0 Å². The molecular formula is C8H8Cl2O. The molecule has 1 aromatic carbocycles. The maximum Gasteiger partial charge on any atom is 0.119 e. The number of methoxy groups -OCH3 is 1. The molecule has 0 fully saturated rings. The van der Waals surface area contributed by atoms with E-state index < -0.39 is 0 Å². The molecule has 0 spiro atoms. The molecule has 0 saturated heterocycles. The van der Waals surface area contributed by atoms with Gasteiger partial charge in [0.15, 0.2) is 0 Å². The quantitative estimate of drug-likeness (QED) is 0.652. The Kier molecular flexibility index (Phi) is 3.03. The number of benzene rings is 1. The minimum Gasteiger partial charge on any atom is -0.497 e. The van der Waals surface area contributed by atoms with Gasteiger partial charge in [0.1, 0.15) is 5.75 Å². The zero-order valence-electron chi connectivity index (χ0n) is 6.10. The molecule has 0 amide bonds. The minimum atomic E-state index is 0.413. The Bertz CT molecular complexity index is 248. The minimum absolute atomic E-state index is 0.413. The highest BCUT2D eigenvalue weighted by molar-refractivity contribution is 6.32.